The molecule has 1 atom stereocenters. The summed E-state index contributed by atoms with van der Waals surface area (Å²) in [4.78, 5) is 0. The molecule has 0 N–H and O–H groups in total. The number of benzene rings is 2. The summed E-state index contributed by atoms with van der Waals surface area (Å²) < 4.78 is 21.3. The van der Waals surface area contributed by atoms with Gasteiger partial charge < -0.3 is 13.8 Å². The third-order valence-corrected chi connectivity index (χ3v) is 8.74. The van der Waals surface area contributed by atoms with Gasteiger partial charge >= 0.3 is 8.53 Å². The third-order valence-electron chi connectivity index (χ3n) is 7.09. The van der Waals surface area contributed by atoms with Gasteiger partial charge in [0.1, 0.15) is 11.5 Å². The summed E-state index contributed by atoms with van der Waals surface area (Å²) >= 11 is 0. The van der Waals surface area contributed by atoms with Crippen molar-refractivity contribution >= 4 is 8.53 Å². The fraction of sp³-hybridized carbons (Fsp3) is 0.478. The molecule has 2 aliphatic heterocycles. The van der Waals surface area contributed by atoms with Crippen molar-refractivity contribution in [1.82, 2.24) is 4.67 Å². The van der Waals surface area contributed by atoms with Crippen molar-refractivity contribution in [1.29, 1.82) is 0 Å². The molecule has 6 rings (SSSR count). The zero-order valence-electron chi connectivity index (χ0n) is 16.3. The topological polar surface area (TPSA) is 30.9 Å². The van der Waals surface area contributed by atoms with Crippen LogP contribution in [0.2, 0.25) is 0 Å². The van der Waals surface area contributed by atoms with Gasteiger partial charge in [-0.05, 0) is 61.8 Å². The molecule has 2 aromatic carbocycles. The van der Waals surface area contributed by atoms with Crippen LogP contribution in [0.5, 0.6) is 11.5 Å². The highest BCUT2D eigenvalue weighted by Gasteiger charge is 2.51. The molecular formula is C23H26NO3P. The smallest absolute Gasteiger partial charge is 0.384 e. The largest absolute Gasteiger partial charge is 0.427 e. The molecule has 0 bridgehead atoms. The van der Waals surface area contributed by atoms with Gasteiger partial charge in [0.2, 0.25) is 0 Å². The number of hydrogen-bond donors (Lipinski definition) is 0. The van der Waals surface area contributed by atoms with Gasteiger partial charge in [0.25, 0.3) is 0 Å². The number of hydrogen-bond acceptors (Lipinski definition) is 4. The molecule has 2 aromatic rings. The first kappa shape index (κ1) is 17.3. The highest BCUT2D eigenvalue weighted by molar-refractivity contribution is 7.45. The van der Waals surface area contributed by atoms with Crippen LogP contribution in [-0.2, 0) is 23.0 Å². The van der Waals surface area contributed by atoms with E-state index in [2.05, 4.69) is 41.1 Å². The quantitative estimate of drug-likeness (QED) is 0.687. The lowest BCUT2D eigenvalue weighted by molar-refractivity contribution is 0.144. The molecule has 28 heavy (non-hydrogen) atoms. The van der Waals surface area contributed by atoms with Gasteiger partial charge in [0.15, 0.2) is 0 Å². The lowest BCUT2D eigenvalue weighted by Gasteiger charge is -2.37. The van der Waals surface area contributed by atoms with E-state index in [4.69, 9.17) is 13.8 Å². The van der Waals surface area contributed by atoms with Gasteiger partial charge in [-0.15, -0.1) is 0 Å². The van der Waals surface area contributed by atoms with Crippen LogP contribution in [0.15, 0.2) is 36.4 Å². The van der Waals surface area contributed by atoms with Crippen LogP contribution < -0.4 is 9.05 Å². The second-order valence-electron chi connectivity index (χ2n) is 8.50. The Morgan fingerprint density at radius 3 is 2.29 bits per heavy atom. The van der Waals surface area contributed by atoms with Crippen LogP contribution in [0.3, 0.4) is 0 Å². The minimum atomic E-state index is -1.20. The molecule has 1 spiro atoms. The molecule has 4 aliphatic rings. The molecule has 0 radical (unpaired) electrons. The molecule has 4 nitrogen and oxygen atoms in total. The Bertz CT molecular complexity index is 867. The Morgan fingerprint density at radius 2 is 1.68 bits per heavy atom. The first-order valence-corrected chi connectivity index (χ1v) is 11.6. The van der Waals surface area contributed by atoms with Crippen molar-refractivity contribution in [2.24, 2.45) is 0 Å². The first-order chi connectivity index (χ1) is 13.8. The van der Waals surface area contributed by atoms with Gasteiger partial charge in [0, 0.05) is 36.2 Å². The van der Waals surface area contributed by atoms with Crippen LogP contribution in [0.4, 0.5) is 0 Å². The van der Waals surface area contributed by atoms with Gasteiger partial charge in [0.05, 0.1) is 6.61 Å². The molecule has 2 aliphatic carbocycles. The number of aryl methyl sites for hydroxylation is 2. The summed E-state index contributed by atoms with van der Waals surface area (Å²) in [5, 5.41) is 0. The van der Waals surface area contributed by atoms with Crippen molar-refractivity contribution in [3.8, 4) is 11.5 Å². The van der Waals surface area contributed by atoms with E-state index >= 15 is 0 Å². The second-order valence-corrected chi connectivity index (χ2v) is 9.85. The molecule has 146 valence electrons. The Balaban J connectivity index is 1.51. The van der Waals surface area contributed by atoms with E-state index in [1.807, 2.05) is 0 Å². The van der Waals surface area contributed by atoms with Crippen LogP contribution >= 0.6 is 8.53 Å². The van der Waals surface area contributed by atoms with Gasteiger partial charge in [-0.25, -0.2) is 4.67 Å². The average Bonchev–Trinajstić information content (AvgIpc) is 3.40. The van der Waals surface area contributed by atoms with Crippen molar-refractivity contribution in [3.05, 3.63) is 58.7 Å². The van der Waals surface area contributed by atoms with E-state index in [9.17, 15) is 0 Å². The van der Waals surface area contributed by atoms with E-state index in [0.29, 0.717) is 6.04 Å². The summed E-state index contributed by atoms with van der Waals surface area (Å²) in [6, 6.07) is 13.6. The van der Waals surface area contributed by atoms with E-state index in [-0.39, 0.29) is 5.41 Å². The molecule has 1 saturated heterocycles. The lowest BCUT2D eigenvalue weighted by Crippen LogP contribution is -2.33. The highest BCUT2D eigenvalue weighted by atomic mass is 31.2. The number of rotatable bonds is 3. The van der Waals surface area contributed by atoms with E-state index in [1.54, 1.807) is 7.11 Å². The Labute approximate surface area is 167 Å². The van der Waals surface area contributed by atoms with Gasteiger partial charge in [-0.1, -0.05) is 24.3 Å². The Morgan fingerprint density at radius 1 is 1.04 bits per heavy atom. The fourth-order valence-electron chi connectivity index (χ4n) is 5.94. The average molecular weight is 395 g/mol. The first-order valence-electron chi connectivity index (χ1n) is 10.5. The van der Waals surface area contributed by atoms with Crippen LogP contribution in [-0.4, -0.2) is 31.0 Å². The van der Waals surface area contributed by atoms with Crippen LogP contribution in [0, 0.1) is 0 Å². The minimum absolute atomic E-state index is 0.0796. The van der Waals surface area contributed by atoms with E-state index in [0.717, 1.165) is 43.9 Å². The second kappa shape index (κ2) is 6.45. The number of ether oxygens (including phenoxy) is 1. The predicted molar refractivity (Wildman–Crippen MR) is 110 cm³/mol. The molecule has 0 aromatic heterocycles. The summed E-state index contributed by atoms with van der Waals surface area (Å²) in [5.41, 5.74) is 5.90. The standard InChI is InChI=1S/C23H26NO3P/c1-25-15-18-7-4-14-24(18)28-26-19-8-2-5-16-10-12-23(21(16)19)13-11-17-6-3-9-20(27-28)22(17)23/h2-3,5-6,8-9,18H,4,7,10-15H2,1H3/t18-,23?/m0/s1. The van der Waals surface area contributed by atoms with Gasteiger partial charge in [-0.3, -0.25) is 0 Å². The van der Waals surface area contributed by atoms with Crippen molar-refractivity contribution in [3.63, 3.8) is 0 Å². The summed E-state index contributed by atoms with van der Waals surface area (Å²) in [6.45, 7) is 1.74. The van der Waals surface area contributed by atoms with Crippen molar-refractivity contribution in [2.75, 3.05) is 20.3 Å². The maximum absolute atomic E-state index is 6.71. The Hall–Kier alpha value is -1.61. The van der Waals surface area contributed by atoms with Crippen molar-refractivity contribution < 1.29 is 13.8 Å². The molecule has 0 amide bonds. The van der Waals surface area contributed by atoms with E-state index in [1.165, 1.54) is 41.5 Å². The summed E-state index contributed by atoms with van der Waals surface area (Å²) in [5.74, 6) is 2.10. The monoisotopic (exact) mass is 395 g/mol. The van der Waals surface area contributed by atoms with Gasteiger partial charge in [-0.2, -0.15) is 0 Å². The molecule has 0 saturated carbocycles. The third kappa shape index (κ3) is 2.35. The number of methoxy groups -OCH3 is 1. The van der Waals surface area contributed by atoms with Crippen LogP contribution in [0.1, 0.15) is 47.9 Å². The maximum atomic E-state index is 6.71. The maximum Gasteiger partial charge on any atom is 0.384 e. The molecule has 0 unspecified atom stereocenters. The van der Waals surface area contributed by atoms with Crippen LogP contribution in [0.25, 0.3) is 0 Å². The highest BCUT2D eigenvalue weighted by Crippen LogP contribution is 2.62. The van der Waals surface area contributed by atoms with Crippen molar-refractivity contribution in [2.45, 2.75) is 50.0 Å². The molecular weight excluding hydrogens is 369 g/mol. The lowest BCUT2D eigenvalue weighted by atomic mass is 9.76. The van der Waals surface area contributed by atoms with E-state index < -0.39 is 8.53 Å². The zero-order valence-corrected chi connectivity index (χ0v) is 17.2. The summed E-state index contributed by atoms with van der Waals surface area (Å²) in [6.07, 6.45) is 6.92. The molecule has 2 heterocycles. The minimum Gasteiger partial charge on any atom is -0.427 e. The normalized spacial score (nSPS) is 24.8. The summed E-state index contributed by atoms with van der Waals surface area (Å²) in [7, 11) is 0.586. The Kier molecular flexibility index (Phi) is 3.98. The fourth-order valence-corrected chi connectivity index (χ4v) is 7.58. The molecule has 1 fully saturated rings. The number of nitrogens with zero attached hydrogens (tertiary/aromatic N) is 1. The predicted octanol–water partition coefficient (Wildman–Crippen LogP) is 4.97. The zero-order chi connectivity index (χ0) is 18.7. The molecule has 5 heteroatoms. The SMILES string of the molecule is COC[C@@H]1CCCN1P1Oc2cccc3c2C2(CC3)CCc3cccc(c32)O1.